The molecule has 0 aliphatic carbocycles. The first-order valence-electron chi connectivity index (χ1n) is 9.73. The molecule has 2 aromatic carbocycles. The van der Waals surface area contributed by atoms with E-state index in [-0.39, 0.29) is 37.4 Å². The maximum Gasteiger partial charge on any atom is 0.311 e. The fourth-order valence-corrected chi connectivity index (χ4v) is 3.57. The van der Waals surface area contributed by atoms with Crippen molar-refractivity contribution in [1.29, 1.82) is 0 Å². The van der Waals surface area contributed by atoms with Crippen LogP contribution in [0, 0.1) is 19.8 Å². The van der Waals surface area contributed by atoms with Crippen molar-refractivity contribution < 1.29 is 19.1 Å². The van der Waals surface area contributed by atoms with Crippen molar-refractivity contribution in [2.45, 2.75) is 33.2 Å². The molecule has 2 aromatic rings. The number of hydrogen-bond acceptors (Lipinski definition) is 4. The lowest BCUT2D eigenvalue weighted by Gasteiger charge is -2.19. The number of carbonyl (C=O) groups excluding carboxylic acids is 3. The molecule has 0 radical (unpaired) electrons. The lowest BCUT2D eigenvalue weighted by Crippen LogP contribution is -2.33. The quantitative estimate of drug-likeness (QED) is 0.764. The van der Waals surface area contributed by atoms with Gasteiger partial charge in [0.25, 0.3) is 5.91 Å². The molecule has 0 saturated carbocycles. The summed E-state index contributed by atoms with van der Waals surface area (Å²) in [6.07, 6.45) is 0.0915. The van der Waals surface area contributed by atoms with Crippen LogP contribution in [0.2, 0.25) is 0 Å². The normalized spacial score (nSPS) is 17.1. The predicted octanol–water partition coefficient (Wildman–Crippen LogP) is 3.08. The van der Waals surface area contributed by atoms with Gasteiger partial charge in [-0.3, -0.25) is 14.4 Å². The van der Waals surface area contributed by atoms with Crippen molar-refractivity contribution in [2.75, 3.05) is 18.1 Å². The first-order chi connectivity index (χ1) is 13.8. The van der Waals surface area contributed by atoms with Gasteiger partial charge in [0.1, 0.15) is 0 Å². The third-order valence-electron chi connectivity index (χ3n) is 5.12. The smallest absolute Gasteiger partial charge is 0.311 e. The highest BCUT2D eigenvalue weighted by Crippen LogP contribution is 2.29. The molecule has 2 atom stereocenters. The van der Waals surface area contributed by atoms with Gasteiger partial charge in [-0.2, -0.15) is 0 Å². The molecule has 3 rings (SSSR count). The van der Waals surface area contributed by atoms with E-state index >= 15 is 0 Å². The summed E-state index contributed by atoms with van der Waals surface area (Å²) in [6.45, 7) is 5.71. The molecule has 0 bridgehead atoms. The van der Waals surface area contributed by atoms with E-state index in [2.05, 4.69) is 5.32 Å². The first kappa shape index (κ1) is 20.6. The van der Waals surface area contributed by atoms with E-state index in [4.69, 9.17) is 4.74 Å². The molecule has 6 heteroatoms. The minimum Gasteiger partial charge on any atom is -0.455 e. The topological polar surface area (TPSA) is 75.7 Å². The molecule has 1 aliphatic rings. The van der Waals surface area contributed by atoms with E-state index < -0.39 is 11.9 Å². The van der Waals surface area contributed by atoms with Gasteiger partial charge in [-0.1, -0.05) is 48.0 Å². The first-order valence-corrected chi connectivity index (χ1v) is 9.73. The summed E-state index contributed by atoms with van der Waals surface area (Å²) in [4.78, 5) is 38.5. The van der Waals surface area contributed by atoms with E-state index in [0.29, 0.717) is 0 Å². The van der Waals surface area contributed by atoms with Crippen LogP contribution in [0.15, 0.2) is 48.5 Å². The van der Waals surface area contributed by atoms with Crippen LogP contribution in [0.25, 0.3) is 0 Å². The molecule has 1 fully saturated rings. The molecule has 0 aromatic heterocycles. The zero-order valence-electron chi connectivity index (χ0n) is 17.0. The van der Waals surface area contributed by atoms with E-state index in [1.54, 1.807) is 4.90 Å². The second-order valence-electron chi connectivity index (χ2n) is 7.50. The van der Waals surface area contributed by atoms with Crippen LogP contribution < -0.4 is 10.2 Å². The number of ether oxygens (including phenoxy) is 1. The van der Waals surface area contributed by atoms with Crippen molar-refractivity contribution in [3.63, 3.8) is 0 Å². The second-order valence-corrected chi connectivity index (χ2v) is 7.50. The molecule has 29 heavy (non-hydrogen) atoms. The zero-order valence-corrected chi connectivity index (χ0v) is 17.0. The van der Waals surface area contributed by atoms with Gasteiger partial charge in [0.05, 0.1) is 12.0 Å². The number of hydrogen-bond donors (Lipinski definition) is 1. The number of amides is 2. The molecule has 2 amide bonds. The van der Waals surface area contributed by atoms with E-state index in [9.17, 15) is 14.4 Å². The van der Waals surface area contributed by atoms with Crippen LogP contribution in [0.5, 0.6) is 0 Å². The molecule has 152 valence electrons. The highest BCUT2D eigenvalue weighted by Gasteiger charge is 2.36. The minimum atomic E-state index is -0.567. The summed E-state index contributed by atoms with van der Waals surface area (Å²) in [5, 5.41) is 2.80. The highest BCUT2D eigenvalue weighted by atomic mass is 16.5. The number of esters is 1. The Hall–Kier alpha value is -3.15. The fraction of sp³-hybridized carbons (Fsp3) is 0.348. The zero-order chi connectivity index (χ0) is 21.0. The Morgan fingerprint density at radius 3 is 2.59 bits per heavy atom. The van der Waals surface area contributed by atoms with Gasteiger partial charge in [-0.15, -0.1) is 0 Å². The summed E-state index contributed by atoms with van der Waals surface area (Å²) in [5.74, 6) is -1.57. The maximum atomic E-state index is 12.4. The molecule has 0 unspecified atom stereocenters. The number of benzene rings is 2. The number of anilines is 1. The third-order valence-corrected chi connectivity index (χ3v) is 5.12. The lowest BCUT2D eigenvalue weighted by molar-refractivity contribution is -0.152. The predicted molar refractivity (Wildman–Crippen MR) is 110 cm³/mol. The highest BCUT2D eigenvalue weighted by molar-refractivity contribution is 6.00. The Balaban J connectivity index is 1.52. The summed E-state index contributed by atoms with van der Waals surface area (Å²) in [6, 6.07) is 15.2. The van der Waals surface area contributed by atoms with Crippen molar-refractivity contribution >= 4 is 23.5 Å². The Labute approximate surface area is 170 Å². The maximum absolute atomic E-state index is 12.4. The largest absolute Gasteiger partial charge is 0.455 e. The molecule has 1 N–H and O–H groups in total. The molecular weight excluding hydrogens is 368 g/mol. The fourth-order valence-electron chi connectivity index (χ4n) is 3.57. The van der Waals surface area contributed by atoms with E-state index in [0.717, 1.165) is 22.4 Å². The lowest BCUT2D eigenvalue weighted by atomic mass is 10.1. The molecular formula is C23H26N2O4. The number of carbonyl (C=O) groups is 3. The Bertz CT molecular complexity index is 910. The molecule has 1 saturated heterocycles. The minimum absolute atomic E-state index is 0.0915. The number of aryl methyl sites for hydroxylation is 2. The average molecular weight is 394 g/mol. The van der Waals surface area contributed by atoms with Crippen LogP contribution in [0.3, 0.4) is 0 Å². The molecule has 6 nitrogen and oxygen atoms in total. The number of nitrogens with one attached hydrogen (secondary N) is 1. The third kappa shape index (κ3) is 5.02. The summed E-state index contributed by atoms with van der Waals surface area (Å²) in [7, 11) is 0. The van der Waals surface area contributed by atoms with Crippen LogP contribution in [0.4, 0.5) is 5.69 Å². The van der Waals surface area contributed by atoms with Crippen LogP contribution >= 0.6 is 0 Å². The second kappa shape index (κ2) is 8.90. The summed E-state index contributed by atoms with van der Waals surface area (Å²) in [5.41, 5.74) is 3.88. The van der Waals surface area contributed by atoms with Crippen molar-refractivity contribution in [3.8, 4) is 0 Å². The van der Waals surface area contributed by atoms with Gasteiger partial charge in [0.15, 0.2) is 6.61 Å². The van der Waals surface area contributed by atoms with Gasteiger partial charge in [-0.05, 0) is 38.0 Å². The monoisotopic (exact) mass is 394 g/mol. The van der Waals surface area contributed by atoms with Gasteiger partial charge in [-0.25, -0.2) is 0 Å². The molecule has 0 spiro atoms. The van der Waals surface area contributed by atoms with Gasteiger partial charge in [0, 0.05) is 18.7 Å². The van der Waals surface area contributed by atoms with Crippen LogP contribution in [-0.2, 0) is 19.1 Å². The SMILES string of the molecule is Cc1ccc(N2C[C@H](C(=O)OCC(=O)N[C@H](C)c3ccccc3)CC2=O)c(C)c1. The standard InChI is InChI=1S/C23H26N2O4/c1-15-9-10-20(16(2)11-15)25-13-19(12-22(25)27)23(28)29-14-21(26)24-17(3)18-7-5-4-6-8-18/h4-11,17,19H,12-14H2,1-3H3,(H,24,26)/t17-,19-/m1/s1. The Kier molecular flexibility index (Phi) is 6.32. The van der Waals surface area contributed by atoms with Gasteiger partial charge < -0.3 is 15.0 Å². The average Bonchev–Trinajstić information content (AvgIpc) is 3.08. The van der Waals surface area contributed by atoms with E-state index in [1.165, 1.54) is 0 Å². The van der Waals surface area contributed by atoms with Crippen LogP contribution in [0.1, 0.15) is 36.1 Å². The molecule has 1 heterocycles. The van der Waals surface area contributed by atoms with Gasteiger partial charge >= 0.3 is 5.97 Å². The van der Waals surface area contributed by atoms with Crippen molar-refractivity contribution in [2.24, 2.45) is 5.92 Å². The van der Waals surface area contributed by atoms with Crippen molar-refractivity contribution in [3.05, 3.63) is 65.2 Å². The Morgan fingerprint density at radius 2 is 1.90 bits per heavy atom. The molecule has 1 aliphatic heterocycles. The van der Waals surface area contributed by atoms with Crippen molar-refractivity contribution in [1.82, 2.24) is 5.32 Å². The number of rotatable bonds is 6. The summed E-state index contributed by atoms with van der Waals surface area (Å²) < 4.78 is 5.18. The van der Waals surface area contributed by atoms with Gasteiger partial charge in [0.2, 0.25) is 5.91 Å². The Morgan fingerprint density at radius 1 is 1.17 bits per heavy atom. The van der Waals surface area contributed by atoms with Crippen LogP contribution in [-0.4, -0.2) is 30.9 Å². The summed E-state index contributed by atoms with van der Waals surface area (Å²) >= 11 is 0. The number of nitrogens with zero attached hydrogens (tertiary/aromatic N) is 1. The van der Waals surface area contributed by atoms with E-state index in [1.807, 2.05) is 69.3 Å².